The van der Waals surface area contributed by atoms with Crippen LogP contribution in [0.1, 0.15) is 12.8 Å². The van der Waals surface area contributed by atoms with Crippen molar-refractivity contribution < 1.29 is 29.0 Å². The lowest BCUT2D eigenvalue weighted by molar-refractivity contribution is -0.144. The highest BCUT2D eigenvalue weighted by molar-refractivity contribution is 5.79. The van der Waals surface area contributed by atoms with Crippen LogP contribution in [0.2, 0.25) is 0 Å². The number of carboxylic acid groups (broad SMARTS) is 1. The molecule has 0 aromatic heterocycles. The van der Waals surface area contributed by atoms with Gasteiger partial charge in [-0.15, -0.1) is 0 Å². The molecule has 8 nitrogen and oxygen atoms in total. The molecule has 2 aliphatic rings. The average molecular weight is 300 g/mol. The summed E-state index contributed by atoms with van der Waals surface area (Å²) in [5.41, 5.74) is 0. The van der Waals surface area contributed by atoms with Crippen molar-refractivity contribution in [3.63, 3.8) is 0 Å². The molecular weight excluding hydrogens is 280 g/mol. The van der Waals surface area contributed by atoms with E-state index >= 15 is 0 Å². The van der Waals surface area contributed by atoms with Gasteiger partial charge in [0.25, 0.3) is 0 Å². The number of aliphatic carboxylic acids is 1. The first-order valence-corrected chi connectivity index (χ1v) is 6.96. The second-order valence-electron chi connectivity index (χ2n) is 5.26. The smallest absolute Gasteiger partial charge is 0.320 e. The van der Waals surface area contributed by atoms with Crippen LogP contribution < -0.4 is 0 Å². The standard InChI is InChI=1S/C13H20N2O6/c1-20-12(18)9-2-3-14(7-9)13(19)15-4-5-21-8-10(15)6-11(16)17/h9-10H,2-8H2,1H3,(H,16,17). The maximum atomic E-state index is 12.5. The second kappa shape index (κ2) is 6.75. The molecule has 2 amide bonds. The number of carboxylic acids is 1. The van der Waals surface area contributed by atoms with E-state index in [1.54, 1.807) is 4.90 Å². The minimum atomic E-state index is -0.961. The van der Waals surface area contributed by atoms with Gasteiger partial charge in [-0.1, -0.05) is 0 Å². The van der Waals surface area contributed by atoms with Gasteiger partial charge in [0.1, 0.15) is 0 Å². The normalized spacial score (nSPS) is 25.8. The minimum Gasteiger partial charge on any atom is -0.481 e. The first kappa shape index (κ1) is 15.6. The number of morpholine rings is 1. The fraction of sp³-hybridized carbons (Fsp3) is 0.769. The van der Waals surface area contributed by atoms with E-state index < -0.39 is 12.0 Å². The highest BCUT2D eigenvalue weighted by atomic mass is 16.5. The first-order chi connectivity index (χ1) is 10.0. The van der Waals surface area contributed by atoms with Crippen molar-refractivity contribution >= 4 is 18.0 Å². The number of nitrogens with zero attached hydrogens (tertiary/aromatic N) is 2. The largest absolute Gasteiger partial charge is 0.481 e. The van der Waals surface area contributed by atoms with E-state index in [0.717, 1.165) is 0 Å². The van der Waals surface area contributed by atoms with Crippen LogP contribution in [-0.2, 0) is 19.1 Å². The topological polar surface area (TPSA) is 96.4 Å². The molecule has 1 N–H and O–H groups in total. The molecule has 2 heterocycles. The number of amides is 2. The predicted molar refractivity (Wildman–Crippen MR) is 70.7 cm³/mol. The maximum Gasteiger partial charge on any atom is 0.320 e. The molecule has 0 saturated carbocycles. The third kappa shape index (κ3) is 3.63. The van der Waals surface area contributed by atoms with Gasteiger partial charge >= 0.3 is 18.0 Å². The fourth-order valence-corrected chi connectivity index (χ4v) is 2.75. The Bertz CT molecular complexity index is 427. The zero-order chi connectivity index (χ0) is 15.4. The van der Waals surface area contributed by atoms with Gasteiger partial charge in [0, 0.05) is 19.6 Å². The van der Waals surface area contributed by atoms with Crippen LogP contribution >= 0.6 is 0 Å². The van der Waals surface area contributed by atoms with Crippen LogP contribution in [0.3, 0.4) is 0 Å². The molecule has 118 valence electrons. The third-order valence-electron chi connectivity index (χ3n) is 3.88. The quantitative estimate of drug-likeness (QED) is 0.724. The Hall–Kier alpha value is -1.83. The molecule has 0 aliphatic carbocycles. The van der Waals surface area contributed by atoms with Crippen molar-refractivity contribution in [3.05, 3.63) is 0 Å². The van der Waals surface area contributed by atoms with Crippen molar-refractivity contribution in [1.29, 1.82) is 0 Å². The Balaban J connectivity index is 1.98. The summed E-state index contributed by atoms with van der Waals surface area (Å²) >= 11 is 0. The van der Waals surface area contributed by atoms with Gasteiger partial charge < -0.3 is 24.4 Å². The molecular formula is C13H20N2O6. The van der Waals surface area contributed by atoms with Gasteiger partial charge in [-0.05, 0) is 6.42 Å². The van der Waals surface area contributed by atoms with Crippen molar-refractivity contribution in [3.8, 4) is 0 Å². The molecule has 0 spiro atoms. The minimum absolute atomic E-state index is 0.139. The molecule has 21 heavy (non-hydrogen) atoms. The van der Waals surface area contributed by atoms with Crippen LogP contribution in [0.5, 0.6) is 0 Å². The van der Waals surface area contributed by atoms with Crippen LogP contribution in [0.25, 0.3) is 0 Å². The van der Waals surface area contributed by atoms with E-state index in [1.165, 1.54) is 12.0 Å². The summed E-state index contributed by atoms with van der Waals surface area (Å²) in [6, 6.07) is -0.683. The maximum absolute atomic E-state index is 12.5. The molecule has 2 rings (SSSR count). The molecule has 2 saturated heterocycles. The van der Waals surface area contributed by atoms with Gasteiger partial charge in [-0.2, -0.15) is 0 Å². The van der Waals surface area contributed by atoms with Crippen LogP contribution in [0.15, 0.2) is 0 Å². The zero-order valence-corrected chi connectivity index (χ0v) is 12.0. The Morgan fingerprint density at radius 2 is 2.10 bits per heavy atom. The van der Waals surface area contributed by atoms with E-state index in [1.807, 2.05) is 0 Å². The number of rotatable bonds is 3. The predicted octanol–water partition coefficient (Wildman–Crippen LogP) is -0.223. The lowest BCUT2D eigenvalue weighted by Gasteiger charge is -2.37. The zero-order valence-electron chi connectivity index (χ0n) is 12.0. The Morgan fingerprint density at radius 1 is 1.33 bits per heavy atom. The fourth-order valence-electron chi connectivity index (χ4n) is 2.75. The number of methoxy groups -OCH3 is 1. The van der Waals surface area contributed by atoms with Gasteiger partial charge in [-0.25, -0.2) is 4.79 Å². The van der Waals surface area contributed by atoms with Gasteiger partial charge in [0.15, 0.2) is 0 Å². The number of urea groups is 1. The number of hydrogen-bond donors (Lipinski definition) is 1. The van der Waals surface area contributed by atoms with Crippen molar-refractivity contribution in [2.24, 2.45) is 5.92 Å². The molecule has 8 heteroatoms. The van der Waals surface area contributed by atoms with Crippen molar-refractivity contribution in [2.45, 2.75) is 18.9 Å². The summed E-state index contributed by atoms with van der Waals surface area (Å²) in [4.78, 5) is 38.0. The molecule has 2 aliphatic heterocycles. The van der Waals surface area contributed by atoms with Crippen LogP contribution in [-0.4, -0.2) is 78.9 Å². The van der Waals surface area contributed by atoms with Crippen molar-refractivity contribution in [2.75, 3.05) is 40.0 Å². The summed E-state index contributed by atoms with van der Waals surface area (Å²) in [5.74, 6) is -1.57. The van der Waals surface area contributed by atoms with E-state index in [2.05, 4.69) is 0 Å². The summed E-state index contributed by atoms with van der Waals surface area (Å²) < 4.78 is 9.95. The highest BCUT2D eigenvalue weighted by Crippen LogP contribution is 2.21. The number of carbonyl (C=O) groups is 3. The Labute approximate surface area is 122 Å². The summed E-state index contributed by atoms with van der Waals surface area (Å²) in [5, 5.41) is 8.91. The molecule has 2 fully saturated rings. The summed E-state index contributed by atoms with van der Waals surface area (Å²) in [6.07, 6.45) is 0.437. The van der Waals surface area contributed by atoms with Crippen molar-refractivity contribution in [1.82, 2.24) is 9.80 Å². The molecule has 2 atom stereocenters. The number of hydrogen-bond acceptors (Lipinski definition) is 5. The van der Waals surface area contributed by atoms with Gasteiger partial charge in [0.05, 0.1) is 38.7 Å². The molecule has 0 bridgehead atoms. The number of carbonyl (C=O) groups excluding carboxylic acids is 2. The van der Waals surface area contributed by atoms with E-state index in [9.17, 15) is 14.4 Å². The van der Waals surface area contributed by atoms with Gasteiger partial charge in [0.2, 0.25) is 0 Å². The summed E-state index contributed by atoms with van der Waals surface area (Å²) in [6.45, 7) is 1.80. The second-order valence-corrected chi connectivity index (χ2v) is 5.26. The SMILES string of the molecule is COC(=O)C1CCN(C(=O)N2CCOCC2CC(=O)O)C1. The lowest BCUT2D eigenvalue weighted by Crippen LogP contribution is -2.53. The van der Waals surface area contributed by atoms with E-state index in [-0.39, 0.29) is 30.9 Å². The summed E-state index contributed by atoms with van der Waals surface area (Å²) in [7, 11) is 1.33. The molecule has 0 aromatic rings. The Kier molecular flexibility index (Phi) is 5.00. The number of ether oxygens (including phenoxy) is 2. The van der Waals surface area contributed by atoms with Gasteiger partial charge in [-0.3, -0.25) is 9.59 Å². The van der Waals surface area contributed by atoms with E-state index in [4.69, 9.17) is 14.6 Å². The van der Waals surface area contributed by atoms with E-state index in [0.29, 0.717) is 32.7 Å². The van der Waals surface area contributed by atoms with Crippen LogP contribution in [0, 0.1) is 5.92 Å². The number of likely N-dealkylation sites (tertiary alicyclic amines) is 1. The highest BCUT2D eigenvalue weighted by Gasteiger charge is 2.37. The number of esters is 1. The third-order valence-corrected chi connectivity index (χ3v) is 3.88. The lowest BCUT2D eigenvalue weighted by atomic mass is 10.1. The molecule has 0 radical (unpaired) electrons. The first-order valence-electron chi connectivity index (χ1n) is 6.96. The average Bonchev–Trinajstić information content (AvgIpc) is 2.95. The molecule has 0 aromatic carbocycles. The molecule has 2 unspecified atom stereocenters. The monoisotopic (exact) mass is 300 g/mol. The Morgan fingerprint density at radius 3 is 2.76 bits per heavy atom. The van der Waals surface area contributed by atoms with Crippen LogP contribution in [0.4, 0.5) is 4.79 Å².